The van der Waals surface area contributed by atoms with Crippen LogP contribution in [0.1, 0.15) is 51.0 Å². The van der Waals surface area contributed by atoms with Gasteiger partial charge in [-0.15, -0.1) is 0 Å². The van der Waals surface area contributed by atoms with E-state index in [-0.39, 0.29) is 16.9 Å². The molecule has 1 aliphatic heterocycles. The molecule has 6 rings (SSSR count). The van der Waals surface area contributed by atoms with Gasteiger partial charge in [-0.2, -0.15) is 0 Å². The minimum absolute atomic E-state index is 0.0627. The molecule has 2 unspecified atom stereocenters. The van der Waals surface area contributed by atoms with Crippen molar-refractivity contribution < 1.29 is 14.5 Å². The highest BCUT2D eigenvalue weighted by Crippen LogP contribution is 2.62. The quantitative estimate of drug-likeness (QED) is 0.808. The first-order valence-corrected chi connectivity index (χ1v) is 11.4. The molecule has 5 nitrogen and oxygen atoms in total. The van der Waals surface area contributed by atoms with Crippen molar-refractivity contribution in [3.63, 3.8) is 0 Å². The van der Waals surface area contributed by atoms with E-state index in [4.69, 9.17) is 0 Å². The number of piperazine rings is 1. The van der Waals surface area contributed by atoms with Crippen LogP contribution in [0, 0.1) is 17.3 Å². The molecule has 4 bridgehead atoms. The Bertz CT molecular complexity index is 771. The zero-order valence-corrected chi connectivity index (χ0v) is 17.6. The Morgan fingerprint density at radius 1 is 1.07 bits per heavy atom. The third kappa shape index (κ3) is 3.58. The second-order valence-electron chi connectivity index (χ2n) is 10.4. The highest BCUT2D eigenvalue weighted by atomic mass is 16.2. The van der Waals surface area contributed by atoms with Gasteiger partial charge in [-0.25, -0.2) is 0 Å². The zero-order valence-electron chi connectivity index (χ0n) is 17.6. The maximum absolute atomic E-state index is 13.7. The first-order valence-electron chi connectivity index (χ1n) is 11.4. The molecule has 5 heteroatoms. The predicted octanol–water partition coefficient (Wildman–Crippen LogP) is 1.39. The van der Waals surface area contributed by atoms with Crippen LogP contribution in [0.15, 0.2) is 30.3 Å². The number of rotatable bonds is 4. The van der Waals surface area contributed by atoms with Gasteiger partial charge in [-0.3, -0.25) is 9.59 Å². The molecule has 1 heterocycles. The van der Waals surface area contributed by atoms with Crippen LogP contribution in [-0.2, 0) is 16.1 Å². The molecule has 1 saturated heterocycles. The zero-order chi connectivity index (χ0) is 20.1. The Balaban J connectivity index is 1.26. The highest BCUT2D eigenvalue weighted by Gasteiger charge is 2.61. The van der Waals surface area contributed by atoms with Gasteiger partial charge in [0.15, 0.2) is 0 Å². The summed E-state index contributed by atoms with van der Waals surface area (Å²) in [5.41, 5.74) is 1.04. The van der Waals surface area contributed by atoms with E-state index < -0.39 is 0 Å². The standard InChI is InChI=1S/C24H33N3O2/c1-18(28)25-24-14-20-11-21(15-24)13-23(12-20,17-24)22(29)27-9-7-26(8-10-27)16-19-5-3-2-4-6-19/h2-6,20-21H,7-17H2,1H3,(H,25,28)/p+1/t20-,21+,23?,24?. The molecule has 0 spiro atoms. The van der Waals surface area contributed by atoms with Gasteiger partial charge >= 0.3 is 0 Å². The molecule has 2 amide bonds. The number of carbonyl (C=O) groups excluding carboxylic acids is 2. The minimum atomic E-state index is -0.219. The number of hydrogen-bond donors (Lipinski definition) is 2. The van der Waals surface area contributed by atoms with E-state index in [9.17, 15) is 9.59 Å². The molecule has 0 aromatic heterocycles. The van der Waals surface area contributed by atoms with Crippen LogP contribution in [0.25, 0.3) is 0 Å². The van der Waals surface area contributed by atoms with Crippen molar-refractivity contribution in [2.24, 2.45) is 17.3 Å². The largest absolute Gasteiger partial charge is 0.351 e. The molecule has 4 aliphatic carbocycles. The average Bonchev–Trinajstić information content (AvgIpc) is 2.67. The van der Waals surface area contributed by atoms with Gasteiger partial charge in [0.1, 0.15) is 6.54 Å². The van der Waals surface area contributed by atoms with E-state index in [0.29, 0.717) is 17.7 Å². The summed E-state index contributed by atoms with van der Waals surface area (Å²) in [6.07, 6.45) is 6.36. The SMILES string of the molecule is CC(=O)NC12C[C@H]3C[C@@H](C1)CC(C(=O)N1CC[NH+](Cc4ccccc4)CC1)(C3)C2. The number of nitrogens with zero attached hydrogens (tertiary/aromatic N) is 1. The molecule has 2 N–H and O–H groups in total. The first-order chi connectivity index (χ1) is 14.0. The maximum atomic E-state index is 13.7. The average molecular weight is 397 g/mol. The fraction of sp³-hybridized carbons (Fsp3) is 0.667. The third-order valence-electron chi connectivity index (χ3n) is 8.01. The highest BCUT2D eigenvalue weighted by molar-refractivity contribution is 5.84. The molecule has 1 aromatic carbocycles. The summed E-state index contributed by atoms with van der Waals surface area (Å²) in [5.74, 6) is 1.67. The molecule has 1 aromatic rings. The second kappa shape index (κ2) is 7.12. The number of amides is 2. The van der Waals surface area contributed by atoms with E-state index in [1.165, 1.54) is 12.0 Å². The third-order valence-corrected chi connectivity index (χ3v) is 8.01. The Morgan fingerprint density at radius 3 is 2.34 bits per heavy atom. The molecule has 4 atom stereocenters. The van der Waals surface area contributed by atoms with E-state index >= 15 is 0 Å². The molecule has 5 fully saturated rings. The Hall–Kier alpha value is -1.88. The smallest absolute Gasteiger partial charge is 0.229 e. The number of quaternary nitrogens is 1. The summed E-state index contributed by atoms with van der Waals surface area (Å²) in [6, 6.07) is 10.7. The van der Waals surface area contributed by atoms with Crippen molar-refractivity contribution in [1.29, 1.82) is 0 Å². The van der Waals surface area contributed by atoms with Crippen LogP contribution in [0.2, 0.25) is 0 Å². The topological polar surface area (TPSA) is 53.9 Å². The molecule has 4 saturated carbocycles. The normalized spacial score (nSPS) is 36.2. The van der Waals surface area contributed by atoms with E-state index in [2.05, 4.69) is 40.5 Å². The second-order valence-corrected chi connectivity index (χ2v) is 10.4. The fourth-order valence-electron chi connectivity index (χ4n) is 7.46. The summed E-state index contributed by atoms with van der Waals surface area (Å²) < 4.78 is 0. The van der Waals surface area contributed by atoms with Gasteiger partial charge in [-0.05, 0) is 50.4 Å². The van der Waals surface area contributed by atoms with Gasteiger partial charge in [-0.1, -0.05) is 30.3 Å². The Morgan fingerprint density at radius 2 is 1.72 bits per heavy atom. The van der Waals surface area contributed by atoms with Crippen LogP contribution in [-0.4, -0.2) is 48.4 Å². The summed E-state index contributed by atoms with van der Waals surface area (Å²) in [7, 11) is 0. The van der Waals surface area contributed by atoms with Crippen LogP contribution in [0.3, 0.4) is 0 Å². The van der Waals surface area contributed by atoms with Gasteiger partial charge in [0.05, 0.1) is 31.6 Å². The van der Waals surface area contributed by atoms with Crippen molar-refractivity contribution in [1.82, 2.24) is 10.2 Å². The molecule has 29 heavy (non-hydrogen) atoms. The van der Waals surface area contributed by atoms with Gasteiger partial charge in [0.2, 0.25) is 11.8 Å². The summed E-state index contributed by atoms with van der Waals surface area (Å²) in [5, 5.41) is 3.29. The first kappa shape index (κ1) is 19.1. The minimum Gasteiger partial charge on any atom is -0.351 e. The van der Waals surface area contributed by atoms with Gasteiger partial charge in [0, 0.05) is 18.0 Å². The number of nitrogens with one attached hydrogen (secondary N) is 2. The van der Waals surface area contributed by atoms with Crippen LogP contribution in [0.5, 0.6) is 0 Å². The summed E-state index contributed by atoms with van der Waals surface area (Å²) in [4.78, 5) is 29.4. The summed E-state index contributed by atoms with van der Waals surface area (Å²) in [6.45, 7) is 6.46. The van der Waals surface area contributed by atoms with Crippen molar-refractivity contribution >= 4 is 11.8 Å². The van der Waals surface area contributed by atoms with Gasteiger partial charge in [0.25, 0.3) is 0 Å². The molecule has 0 radical (unpaired) electrons. The monoisotopic (exact) mass is 396 g/mol. The number of hydrogen-bond acceptors (Lipinski definition) is 2. The van der Waals surface area contributed by atoms with Crippen molar-refractivity contribution in [3.8, 4) is 0 Å². The van der Waals surface area contributed by atoms with E-state index in [0.717, 1.165) is 64.8 Å². The lowest BCUT2D eigenvalue weighted by molar-refractivity contribution is -0.917. The molecular formula is C24H34N3O2+. The molecular weight excluding hydrogens is 362 g/mol. The Labute approximate surface area is 173 Å². The fourth-order valence-corrected chi connectivity index (χ4v) is 7.46. The van der Waals surface area contributed by atoms with Crippen LogP contribution in [0.4, 0.5) is 0 Å². The van der Waals surface area contributed by atoms with E-state index in [1.54, 1.807) is 11.8 Å². The van der Waals surface area contributed by atoms with Crippen LogP contribution < -0.4 is 10.2 Å². The molecule has 156 valence electrons. The van der Waals surface area contributed by atoms with Crippen molar-refractivity contribution in [2.75, 3.05) is 26.2 Å². The lowest BCUT2D eigenvalue weighted by atomic mass is 9.46. The van der Waals surface area contributed by atoms with Crippen molar-refractivity contribution in [2.45, 2.75) is 57.5 Å². The number of carbonyl (C=O) groups is 2. The van der Waals surface area contributed by atoms with Gasteiger partial charge < -0.3 is 15.1 Å². The van der Waals surface area contributed by atoms with Crippen molar-refractivity contribution in [3.05, 3.63) is 35.9 Å². The lowest BCUT2D eigenvalue weighted by Crippen LogP contribution is -3.13. The van der Waals surface area contributed by atoms with Crippen LogP contribution >= 0.6 is 0 Å². The summed E-state index contributed by atoms with van der Waals surface area (Å²) >= 11 is 0. The molecule has 5 aliphatic rings. The predicted molar refractivity (Wildman–Crippen MR) is 111 cm³/mol. The lowest BCUT2D eigenvalue weighted by Gasteiger charge is -2.62. The maximum Gasteiger partial charge on any atom is 0.229 e. The number of benzene rings is 1. The van der Waals surface area contributed by atoms with E-state index in [1.807, 2.05) is 0 Å². The Kier molecular flexibility index (Phi) is 4.69.